The zero-order valence-electron chi connectivity index (χ0n) is 7.29. The van der Waals surface area contributed by atoms with Crippen molar-refractivity contribution >= 4 is 36.4 Å². The van der Waals surface area contributed by atoms with Crippen molar-refractivity contribution in [2.45, 2.75) is 6.92 Å². The highest BCUT2D eigenvalue weighted by Gasteiger charge is 2.29. The Morgan fingerprint density at radius 1 is 0.929 bits per heavy atom. The Morgan fingerprint density at radius 2 is 1.64 bits per heavy atom. The molecule has 0 N–H and O–H groups in total. The van der Waals surface area contributed by atoms with Crippen molar-refractivity contribution in [1.29, 1.82) is 0 Å². The minimum absolute atomic E-state index is 0.500. The first kappa shape index (κ1) is 7.25. The molecule has 0 aliphatic carbocycles. The van der Waals surface area contributed by atoms with E-state index in [0.717, 1.165) is 0 Å². The first-order chi connectivity index (χ1) is 6.84. The average molecular weight is 187 g/mol. The fraction of sp³-hybridized carbons (Fsp3) is 0.143. The summed E-state index contributed by atoms with van der Waals surface area (Å²) >= 11 is 0. The van der Waals surface area contributed by atoms with Gasteiger partial charge in [0.25, 0.3) is 0 Å². The minimum atomic E-state index is 0.500. The summed E-state index contributed by atoms with van der Waals surface area (Å²) in [7, 11) is 0. The van der Waals surface area contributed by atoms with Crippen LogP contribution < -0.4 is 0 Å². The molecule has 3 aliphatic rings. The van der Waals surface area contributed by atoms with Crippen LogP contribution in [0.2, 0.25) is 0 Å². The number of hydrogen-bond donors (Lipinski definition) is 0. The molecule has 0 aromatic carbocycles. The van der Waals surface area contributed by atoms with E-state index in [0.29, 0.717) is 23.7 Å². The first-order valence-corrected chi connectivity index (χ1v) is 3.99. The molecule has 3 heterocycles. The zero-order valence-corrected chi connectivity index (χ0v) is 7.29. The molecule has 0 radical (unpaired) electrons. The van der Waals surface area contributed by atoms with Crippen LogP contribution in [0, 0.1) is 0 Å². The summed E-state index contributed by atoms with van der Waals surface area (Å²) in [5.41, 5.74) is 0. The standard InChI is InChI=1S/C7H5N7/c1-4-12-6-10-2-8-5-9-3-11-7(13-4)14(5)6/h2-3H,1H3. The monoisotopic (exact) mass is 187 g/mol. The second kappa shape index (κ2) is 2.41. The molecule has 0 unspecified atom stereocenters. The Bertz CT molecular complexity index is 474. The van der Waals surface area contributed by atoms with Gasteiger partial charge in [-0.1, -0.05) is 0 Å². The van der Waals surface area contributed by atoms with Crippen molar-refractivity contribution in [1.82, 2.24) is 4.90 Å². The lowest BCUT2D eigenvalue weighted by atomic mass is 10.5. The van der Waals surface area contributed by atoms with Gasteiger partial charge < -0.3 is 0 Å². The maximum absolute atomic E-state index is 4.15. The van der Waals surface area contributed by atoms with Gasteiger partial charge in [0, 0.05) is 0 Å². The van der Waals surface area contributed by atoms with Gasteiger partial charge in [0.15, 0.2) is 0 Å². The van der Waals surface area contributed by atoms with Gasteiger partial charge in [-0.05, 0) is 6.92 Å². The van der Waals surface area contributed by atoms with Crippen molar-refractivity contribution in [2.75, 3.05) is 0 Å². The lowest BCUT2D eigenvalue weighted by Gasteiger charge is -2.26. The summed E-state index contributed by atoms with van der Waals surface area (Å²) in [6.45, 7) is 1.79. The van der Waals surface area contributed by atoms with Crippen LogP contribution >= 0.6 is 0 Å². The quantitative estimate of drug-likeness (QED) is 0.520. The highest BCUT2D eigenvalue weighted by Crippen LogP contribution is 2.12. The van der Waals surface area contributed by atoms with Gasteiger partial charge in [0.1, 0.15) is 18.5 Å². The fourth-order valence-electron chi connectivity index (χ4n) is 1.27. The third-order valence-corrected chi connectivity index (χ3v) is 1.82. The second-order valence-electron chi connectivity index (χ2n) is 2.75. The summed E-state index contributed by atoms with van der Waals surface area (Å²) < 4.78 is 0. The number of aliphatic imine (C=N–C) groups is 6. The number of rotatable bonds is 0. The second-order valence-corrected chi connectivity index (χ2v) is 2.75. The van der Waals surface area contributed by atoms with Gasteiger partial charge in [0.05, 0.1) is 0 Å². The van der Waals surface area contributed by atoms with Crippen molar-refractivity contribution in [3.8, 4) is 0 Å². The van der Waals surface area contributed by atoms with Gasteiger partial charge in [-0.15, -0.1) is 0 Å². The summed E-state index contributed by atoms with van der Waals surface area (Å²) in [6, 6.07) is 0. The van der Waals surface area contributed by atoms with Crippen LogP contribution in [-0.2, 0) is 0 Å². The van der Waals surface area contributed by atoms with Gasteiger partial charge in [-0.25, -0.2) is 24.9 Å². The molecule has 68 valence electrons. The van der Waals surface area contributed by atoms with Crippen molar-refractivity contribution in [3.05, 3.63) is 0 Å². The molecule has 0 saturated heterocycles. The molecule has 0 bridgehead atoms. The van der Waals surface area contributed by atoms with Crippen LogP contribution in [0.5, 0.6) is 0 Å². The third-order valence-electron chi connectivity index (χ3n) is 1.82. The molecule has 0 atom stereocenters. The number of nitrogens with zero attached hydrogens (tertiary/aromatic N) is 7. The van der Waals surface area contributed by atoms with Crippen LogP contribution in [0.25, 0.3) is 0 Å². The van der Waals surface area contributed by atoms with Crippen molar-refractivity contribution in [3.63, 3.8) is 0 Å². The molecule has 0 saturated carbocycles. The molecule has 0 spiro atoms. The van der Waals surface area contributed by atoms with E-state index in [4.69, 9.17) is 0 Å². The van der Waals surface area contributed by atoms with E-state index in [2.05, 4.69) is 30.0 Å². The molecule has 0 aromatic rings. The summed E-state index contributed by atoms with van der Waals surface area (Å²) in [5.74, 6) is 2.15. The zero-order chi connectivity index (χ0) is 9.54. The average Bonchev–Trinajstić information content (AvgIpc) is 2.18. The number of amidine groups is 1. The van der Waals surface area contributed by atoms with Crippen LogP contribution in [-0.4, -0.2) is 41.3 Å². The van der Waals surface area contributed by atoms with E-state index in [-0.39, 0.29) is 0 Å². The predicted octanol–water partition coefficient (Wildman–Crippen LogP) is -0.128. The Balaban J connectivity index is 2.23. The lowest BCUT2D eigenvalue weighted by molar-refractivity contribution is 0.833. The fourth-order valence-corrected chi connectivity index (χ4v) is 1.27. The molecule has 0 aromatic heterocycles. The molecule has 0 amide bonds. The molecule has 3 aliphatic heterocycles. The highest BCUT2D eigenvalue weighted by atomic mass is 15.5. The lowest BCUT2D eigenvalue weighted by Crippen LogP contribution is -2.45. The summed E-state index contributed by atoms with van der Waals surface area (Å²) in [4.78, 5) is 25.9. The van der Waals surface area contributed by atoms with Gasteiger partial charge in [-0.3, -0.25) is 0 Å². The summed E-state index contributed by atoms with van der Waals surface area (Å²) in [5, 5.41) is 0. The first-order valence-electron chi connectivity index (χ1n) is 3.99. The van der Waals surface area contributed by atoms with Crippen LogP contribution in [0.3, 0.4) is 0 Å². The van der Waals surface area contributed by atoms with Crippen LogP contribution in [0.15, 0.2) is 30.0 Å². The Hall–Kier alpha value is -2.18. The third kappa shape index (κ3) is 0.859. The molecule has 7 heteroatoms. The Morgan fingerprint density at radius 3 is 2.50 bits per heavy atom. The van der Waals surface area contributed by atoms with E-state index in [1.54, 1.807) is 11.8 Å². The smallest absolute Gasteiger partial charge is 0.213 e. The summed E-state index contributed by atoms with van der Waals surface area (Å²) in [6.07, 6.45) is 2.84. The van der Waals surface area contributed by atoms with Crippen molar-refractivity contribution < 1.29 is 0 Å². The topological polar surface area (TPSA) is 77.4 Å². The maximum atomic E-state index is 4.15. The van der Waals surface area contributed by atoms with Gasteiger partial charge in [-0.2, -0.15) is 9.98 Å². The van der Waals surface area contributed by atoms with E-state index in [9.17, 15) is 0 Å². The van der Waals surface area contributed by atoms with Gasteiger partial charge >= 0.3 is 0 Å². The van der Waals surface area contributed by atoms with Crippen molar-refractivity contribution in [2.24, 2.45) is 30.0 Å². The van der Waals surface area contributed by atoms with E-state index in [1.807, 2.05) is 0 Å². The number of guanidine groups is 3. The largest absolute Gasteiger partial charge is 0.242 e. The molecule has 3 rings (SSSR count). The minimum Gasteiger partial charge on any atom is -0.213 e. The molecule has 7 nitrogen and oxygen atoms in total. The van der Waals surface area contributed by atoms with E-state index < -0.39 is 0 Å². The normalized spacial score (nSPS) is 22.2. The van der Waals surface area contributed by atoms with Crippen LogP contribution in [0.1, 0.15) is 6.92 Å². The van der Waals surface area contributed by atoms with Gasteiger partial charge in [0.2, 0.25) is 17.9 Å². The van der Waals surface area contributed by atoms with E-state index in [1.165, 1.54) is 12.7 Å². The predicted molar refractivity (Wildman–Crippen MR) is 54.2 cm³/mol. The SMILES string of the molecule is CC1=NC2=NC=NC3=NC=NC(=N1)N32. The molecular weight excluding hydrogens is 182 g/mol. The molecular formula is C7H5N7. The number of hydrogen-bond acceptors (Lipinski definition) is 7. The Labute approximate surface area is 79.0 Å². The van der Waals surface area contributed by atoms with E-state index >= 15 is 0 Å². The molecule has 14 heavy (non-hydrogen) atoms. The highest BCUT2D eigenvalue weighted by molar-refractivity contribution is 6.27. The molecule has 0 fully saturated rings. The Kier molecular flexibility index (Phi) is 1.25. The maximum Gasteiger partial charge on any atom is 0.242 e. The van der Waals surface area contributed by atoms with Crippen LogP contribution in [0.4, 0.5) is 0 Å².